The number of carbonyl (C=O) groups excluding carboxylic acids is 2. The second-order valence-electron chi connectivity index (χ2n) is 4.60. The Kier molecular flexibility index (Phi) is 8.63. The first-order valence-corrected chi connectivity index (χ1v) is 7.03. The van der Waals surface area contributed by atoms with Gasteiger partial charge in [-0.1, -0.05) is 6.07 Å². The molecule has 0 spiro atoms. The van der Waals surface area contributed by atoms with E-state index in [0.717, 1.165) is 5.56 Å². The van der Waals surface area contributed by atoms with Crippen LogP contribution in [0.5, 0.6) is 5.88 Å². The molecule has 1 aromatic rings. The van der Waals surface area contributed by atoms with E-state index in [9.17, 15) is 9.59 Å². The fraction of sp³-hybridized carbons (Fsp3) is 0.533. The molecule has 0 aromatic carbocycles. The van der Waals surface area contributed by atoms with Gasteiger partial charge in [-0.15, -0.1) is 0 Å². The summed E-state index contributed by atoms with van der Waals surface area (Å²) >= 11 is 0. The third-order valence-corrected chi connectivity index (χ3v) is 2.93. The Balaban J connectivity index is 2.57. The first-order valence-electron chi connectivity index (χ1n) is 7.03. The van der Waals surface area contributed by atoms with Crippen LogP contribution in [0.3, 0.4) is 0 Å². The van der Waals surface area contributed by atoms with E-state index in [1.165, 1.54) is 14.2 Å². The van der Waals surface area contributed by atoms with Gasteiger partial charge in [-0.05, 0) is 5.56 Å². The average molecular weight is 326 g/mol. The van der Waals surface area contributed by atoms with Gasteiger partial charge >= 0.3 is 5.97 Å². The number of ether oxygens (including phenoxy) is 4. The van der Waals surface area contributed by atoms with Crippen LogP contribution in [0.25, 0.3) is 0 Å². The van der Waals surface area contributed by atoms with E-state index in [-0.39, 0.29) is 13.0 Å². The van der Waals surface area contributed by atoms with Gasteiger partial charge in [0.25, 0.3) is 0 Å². The monoisotopic (exact) mass is 326 g/mol. The molecule has 1 amide bonds. The lowest BCUT2D eigenvalue weighted by molar-refractivity contribution is -0.145. The van der Waals surface area contributed by atoms with Gasteiger partial charge in [0.2, 0.25) is 11.8 Å². The summed E-state index contributed by atoms with van der Waals surface area (Å²) < 4.78 is 19.6. The number of pyridine rings is 1. The predicted molar refractivity (Wildman–Crippen MR) is 81.1 cm³/mol. The number of hydrogen-bond acceptors (Lipinski definition) is 7. The molecule has 1 aromatic heterocycles. The third kappa shape index (κ3) is 7.07. The molecule has 0 bridgehead atoms. The minimum absolute atomic E-state index is 0.155. The van der Waals surface area contributed by atoms with E-state index in [1.807, 2.05) is 0 Å². The van der Waals surface area contributed by atoms with Crippen molar-refractivity contribution in [1.29, 1.82) is 0 Å². The van der Waals surface area contributed by atoms with Gasteiger partial charge in [0.1, 0.15) is 12.6 Å². The molecule has 0 unspecified atom stereocenters. The molecule has 1 N–H and O–H groups in total. The number of aromatic nitrogens is 1. The summed E-state index contributed by atoms with van der Waals surface area (Å²) in [5.74, 6) is -0.469. The molecule has 0 aliphatic rings. The van der Waals surface area contributed by atoms with E-state index < -0.39 is 17.9 Å². The second-order valence-corrected chi connectivity index (χ2v) is 4.60. The molecular formula is C15H22N2O6. The summed E-state index contributed by atoms with van der Waals surface area (Å²) in [6, 6.07) is 2.64. The summed E-state index contributed by atoms with van der Waals surface area (Å²) in [5.41, 5.74) is 0.766. The van der Waals surface area contributed by atoms with Crippen molar-refractivity contribution in [3.8, 4) is 5.88 Å². The van der Waals surface area contributed by atoms with Gasteiger partial charge < -0.3 is 24.3 Å². The molecule has 128 valence electrons. The van der Waals surface area contributed by atoms with Gasteiger partial charge in [-0.3, -0.25) is 4.79 Å². The lowest BCUT2D eigenvalue weighted by atomic mass is 10.1. The molecule has 8 heteroatoms. The number of rotatable bonds is 10. The average Bonchev–Trinajstić information content (AvgIpc) is 2.58. The van der Waals surface area contributed by atoms with Crippen molar-refractivity contribution in [3.63, 3.8) is 0 Å². The zero-order chi connectivity index (χ0) is 17.1. The van der Waals surface area contributed by atoms with Crippen LogP contribution in [0.2, 0.25) is 0 Å². The maximum atomic E-state index is 11.8. The summed E-state index contributed by atoms with van der Waals surface area (Å²) in [4.78, 5) is 27.7. The molecule has 1 heterocycles. The lowest BCUT2D eigenvalue weighted by Gasteiger charge is -2.16. The molecule has 0 fully saturated rings. The predicted octanol–water partition coefficient (Wildman–Crippen LogP) is -0.0465. The summed E-state index contributed by atoms with van der Waals surface area (Å²) in [6.07, 6.45) is 1.84. The quantitative estimate of drug-likeness (QED) is 0.476. The van der Waals surface area contributed by atoms with Crippen LogP contribution in [0.4, 0.5) is 0 Å². The summed E-state index contributed by atoms with van der Waals surface area (Å²) in [5, 5.41) is 2.58. The van der Waals surface area contributed by atoms with Crippen molar-refractivity contribution in [2.75, 3.05) is 41.2 Å². The van der Waals surface area contributed by atoms with Crippen LogP contribution < -0.4 is 10.1 Å². The topological polar surface area (TPSA) is 96.0 Å². The highest BCUT2D eigenvalue weighted by Gasteiger charge is 2.22. The minimum Gasteiger partial charge on any atom is -0.481 e. The largest absolute Gasteiger partial charge is 0.481 e. The Morgan fingerprint density at radius 3 is 2.57 bits per heavy atom. The van der Waals surface area contributed by atoms with Crippen molar-refractivity contribution in [1.82, 2.24) is 10.3 Å². The second kappa shape index (κ2) is 10.5. The van der Waals surface area contributed by atoms with Crippen molar-refractivity contribution >= 4 is 11.9 Å². The van der Waals surface area contributed by atoms with E-state index in [1.54, 1.807) is 25.4 Å². The van der Waals surface area contributed by atoms with Gasteiger partial charge in [-0.2, -0.15) is 0 Å². The fourth-order valence-electron chi connectivity index (χ4n) is 1.77. The van der Waals surface area contributed by atoms with Crippen molar-refractivity contribution < 1.29 is 28.5 Å². The zero-order valence-corrected chi connectivity index (χ0v) is 13.5. The van der Waals surface area contributed by atoms with Crippen LogP contribution in [-0.4, -0.2) is 64.1 Å². The van der Waals surface area contributed by atoms with Gasteiger partial charge in [0, 0.05) is 25.8 Å². The smallest absolute Gasteiger partial charge is 0.328 e. The fourth-order valence-corrected chi connectivity index (χ4v) is 1.77. The summed E-state index contributed by atoms with van der Waals surface area (Å²) in [7, 11) is 4.32. The number of esters is 1. The first-order chi connectivity index (χ1) is 11.1. The molecule has 0 radical (unpaired) electrons. The molecule has 23 heavy (non-hydrogen) atoms. The van der Waals surface area contributed by atoms with E-state index in [4.69, 9.17) is 18.9 Å². The van der Waals surface area contributed by atoms with Gasteiger partial charge in [0.15, 0.2) is 0 Å². The number of methoxy groups -OCH3 is 3. The van der Waals surface area contributed by atoms with E-state index in [0.29, 0.717) is 19.1 Å². The molecule has 8 nitrogen and oxygen atoms in total. The molecule has 0 saturated heterocycles. The molecule has 0 saturated carbocycles. The van der Waals surface area contributed by atoms with Crippen LogP contribution >= 0.6 is 0 Å². The van der Waals surface area contributed by atoms with Crippen LogP contribution in [-0.2, 0) is 30.2 Å². The maximum Gasteiger partial charge on any atom is 0.328 e. The number of nitrogens with zero attached hydrogens (tertiary/aromatic N) is 1. The van der Waals surface area contributed by atoms with Crippen LogP contribution in [0, 0.1) is 0 Å². The Bertz CT molecular complexity index is 491. The van der Waals surface area contributed by atoms with Crippen molar-refractivity contribution in [3.05, 3.63) is 23.9 Å². The molecule has 0 aliphatic carbocycles. The molecular weight excluding hydrogens is 304 g/mol. The van der Waals surface area contributed by atoms with Crippen molar-refractivity contribution in [2.45, 2.75) is 12.5 Å². The first kappa shape index (κ1) is 18.9. The Morgan fingerprint density at radius 1 is 1.22 bits per heavy atom. The lowest BCUT2D eigenvalue weighted by Crippen LogP contribution is -2.44. The Morgan fingerprint density at radius 2 is 2.00 bits per heavy atom. The minimum atomic E-state index is -0.811. The Hall–Kier alpha value is -2.19. The van der Waals surface area contributed by atoms with E-state index in [2.05, 4.69) is 10.3 Å². The van der Waals surface area contributed by atoms with Crippen molar-refractivity contribution in [2.24, 2.45) is 0 Å². The SMILES string of the molecule is COCCOCC(=O)N[C@@H](Cc1ccc(OC)nc1)C(=O)OC. The molecule has 1 atom stereocenters. The normalized spacial score (nSPS) is 11.6. The zero-order valence-electron chi connectivity index (χ0n) is 13.5. The number of hydrogen-bond donors (Lipinski definition) is 1. The highest BCUT2D eigenvalue weighted by molar-refractivity contribution is 5.85. The van der Waals surface area contributed by atoms with Gasteiger partial charge in [0.05, 0.1) is 27.4 Å². The Labute approximate surface area is 135 Å². The van der Waals surface area contributed by atoms with Crippen LogP contribution in [0.1, 0.15) is 5.56 Å². The number of amides is 1. The summed E-state index contributed by atoms with van der Waals surface area (Å²) in [6.45, 7) is 0.540. The van der Waals surface area contributed by atoms with Gasteiger partial charge in [-0.25, -0.2) is 9.78 Å². The number of nitrogens with one attached hydrogen (secondary N) is 1. The molecule has 0 aliphatic heterocycles. The van der Waals surface area contributed by atoms with Crippen LogP contribution in [0.15, 0.2) is 18.3 Å². The molecule has 1 rings (SSSR count). The third-order valence-electron chi connectivity index (χ3n) is 2.93. The highest BCUT2D eigenvalue weighted by Crippen LogP contribution is 2.09. The highest BCUT2D eigenvalue weighted by atomic mass is 16.5. The standard InChI is InChI=1S/C15H22N2O6/c1-20-6-7-23-10-13(18)17-12(15(19)22-3)8-11-4-5-14(21-2)16-9-11/h4-5,9,12H,6-8,10H2,1-3H3,(H,17,18)/t12-/m0/s1. The van der Waals surface area contributed by atoms with E-state index >= 15 is 0 Å². The maximum absolute atomic E-state index is 11.8. The number of carbonyl (C=O) groups is 2.